The van der Waals surface area contributed by atoms with Gasteiger partial charge in [0.1, 0.15) is 5.82 Å². The number of nitrogens with one attached hydrogen (secondary N) is 1. The van der Waals surface area contributed by atoms with E-state index in [1.165, 1.54) is 36.3 Å². The van der Waals surface area contributed by atoms with Gasteiger partial charge in [-0.1, -0.05) is 20.8 Å². The lowest BCUT2D eigenvalue weighted by atomic mass is 10.1. The van der Waals surface area contributed by atoms with Gasteiger partial charge in [0.2, 0.25) is 0 Å². The van der Waals surface area contributed by atoms with Crippen molar-refractivity contribution < 1.29 is 0 Å². The highest BCUT2D eigenvalue weighted by atomic mass is 15.2. The topological polar surface area (TPSA) is 28.2 Å². The van der Waals surface area contributed by atoms with Crippen molar-refractivity contribution in [2.75, 3.05) is 18.5 Å². The second kappa shape index (κ2) is 6.38. The van der Waals surface area contributed by atoms with E-state index in [1.807, 2.05) is 7.05 Å². The van der Waals surface area contributed by atoms with Gasteiger partial charge in [-0.15, -0.1) is 0 Å². The van der Waals surface area contributed by atoms with E-state index in [1.54, 1.807) is 0 Å². The Kier molecular flexibility index (Phi) is 4.81. The van der Waals surface area contributed by atoms with Gasteiger partial charge in [-0.2, -0.15) is 0 Å². The molecule has 0 atom stereocenters. The number of hydrogen-bond acceptors (Lipinski definition) is 3. The van der Waals surface area contributed by atoms with Crippen LogP contribution in [-0.2, 0) is 6.54 Å². The summed E-state index contributed by atoms with van der Waals surface area (Å²) in [6.45, 7) is 8.72. The van der Waals surface area contributed by atoms with Gasteiger partial charge in [0.05, 0.1) is 0 Å². The van der Waals surface area contributed by atoms with E-state index in [-0.39, 0.29) is 0 Å². The van der Waals surface area contributed by atoms with E-state index in [9.17, 15) is 0 Å². The van der Waals surface area contributed by atoms with Gasteiger partial charge in [0.15, 0.2) is 0 Å². The molecule has 0 amide bonds. The van der Waals surface area contributed by atoms with Gasteiger partial charge in [-0.05, 0) is 49.9 Å². The Morgan fingerprint density at radius 1 is 1.37 bits per heavy atom. The van der Waals surface area contributed by atoms with Crippen molar-refractivity contribution in [3.8, 4) is 0 Å². The normalized spacial score (nSPS) is 15.0. The standard InChI is InChI=1S/C16H27N3/c1-5-8-19(14-6-7-14)16-10-13(11-17-4)9-15(18-16)12(2)3/h9-10,12,14,17H,5-8,11H2,1-4H3. The Labute approximate surface area is 117 Å². The Bertz CT molecular complexity index is 410. The maximum Gasteiger partial charge on any atom is 0.129 e. The molecule has 1 N–H and O–H groups in total. The molecule has 0 saturated heterocycles. The van der Waals surface area contributed by atoms with Crippen molar-refractivity contribution in [3.05, 3.63) is 23.4 Å². The van der Waals surface area contributed by atoms with Crippen molar-refractivity contribution in [2.45, 2.75) is 58.5 Å². The first kappa shape index (κ1) is 14.3. The zero-order chi connectivity index (χ0) is 13.8. The molecule has 1 aromatic rings. The van der Waals surface area contributed by atoms with Gasteiger partial charge < -0.3 is 10.2 Å². The summed E-state index contributed by atoms with van der Waals surface area (Å²) in [5, 5.41) is 3.25. The second-order valence-electron chi connectivity index (χ2n) is 5.87. The Hall–Kier alpha value is -1.09. The van der Waals surface area contributed by atoms with Crippen LogP contribution in [0.25, 0.3) is 0 Å². The molecule has 3 nitrogen and oxygen atoms in total. The average molecular weight is 261 g/mol. The maximum absolute atomic E-state index is 4.89. The second-order valence-corrected chi connectivity index (χ2v) is 5.87. The van der Waals surface area contributed by atoms with Crippen molar-refractivity contribution >= 4 is 5.82 Å². The molecule has 106 valence electrons. The van der Waals surface area contributed by atoms with Gasteiger partial charge >= 0.3 is 0 Å². The molecule has 0 spiro atoms. The zero-order valence-corrected chi connectivity index (χ0v) is 12.7. The fraction of sp³-hybridized carbons (Fsp3) is 0.688. The average Bonchev–Trinajstić information content (AvgIpc) is 3.20. The number of anilines is 1. The minimum absolute atomic E-state index is 0.484. The SMILES string of the molecule is CCCN(c1cc(CNC)cc(C(C)C)n1)C1CC1. The Morgan fingerprint density at radius 2 is 2.11 bits per heavy atom. The molecular weight excluding hydrogens is 234 g/mol. The van der Waals surface area contributed by atoms with Crippen molar-refractivity contribution in [1.82, 2.24) is 10.3 Å². The van der Waals surface area contributed by atoms with Crippen molar-refractivity contribution in [2.24, 2.45) is 0 Å². The Morgan fingerprint density at radius 3 is 2.63 bits per heavy atom. The van der Waals surface area contributed by atoms with Crippen molar-refractivity contribution in [3.63, 3.8) is 0 Å². The third-order valence-electron chi connectivity index (χ3n) is 3.61. The van der Waals surface area contributed by atoms with Gasteiger partial charge in [-0.3, -0.25) is 0 Å². The highest BCUT2D eigenvalue weighted by molar-refractivity contribution is 5.45. The number of rotatable bonds is 7. The fourth-order valence-corrected chi connectivity index (χ4v) is 2.45. The quantitative estimate of drug-likeness (QED) is 0.816. The van der Waals surface area contributed by atoms with Gasteiger partial charge in [0, 0.05) is 24.8 Å². The summed E-state index contributed by atoms with van der Waals surface area (Å²) in [6.07, 6.45) is 3.84. The molecule has 1 fully saturated rings. The molecule has 19 heavy (non-hydrogen) atoms. The number of nitrogens with zero attached hydrogens (tertiary/aromatic N) is 2. The van der Waals surface area contributed by atoms with Gasteiger partial charge in [-0.25, -0.2) is 4.98 Å². The van der Waals surface area contributed by atoms with Crippen LogP contribution < -0.4 is 10.2 Å². The molecule has 3 heteroatoms. The highest BCUT2D eigenvalue weighted by Crippen LogP contribution is 2.32. The van der Waals surface area contributed by atoms with Crippen LogP contribution in [0, 0.1) is 0 Å². The van der Waals surface area contributed by atoms with Crippen LogP contribution in [0.5, 0.6) is 0 Å². The molecule has 0 bridgehead atoms. The summed E-state index contributed by atoms with van der Waals surface area (Å²) >= 11 is 0. The first-order valence-electron chi connectivity index (χ1n) is 7.57. The molecule has 0 aliphatic heterocycles. The summed E-state index contributed by atoms with van der Waals surface area (Å²) in [5.41, 5.74) is 2.56. The minimum atomic E-state index is 0.484. The maximum atomic E-state index is 4.89. The minimum Gasteiger partial charge on any atom is -0.354 e. The van der Waals surface area contributed by atoms with Crippen molar-refractivity contribution in [1.29, 1.82) is 0 Å². The third kappa shape index (κ3) is 3.69. The molecule has 1 heterocycles. The lowest BCUT2D eigenvalue weighted by molar-refractivity contribution is 0.730. The molecular formula is C16H27N3. The smallest absolute Gasteiger partial charge is 0.129 e. The van der Waals surface area contributed by atoms with Crippen LogP contribution in [0.2, 0.25) is 0 Å². The molecule has 0 aromatic carbocycles. The Balaban J connectivity index is 2.30. The predicted molar refractivity (Wildman–Crippen MR) is 81.7 cm³/mol. The van der Waals surface area contributed by atoms with Crippen LogP contribution in [0.15, 0.2) is 12.1 Å². The third-order valence-corrected chi connectivity index (χ3v) is 3.61. The summed E-state index contributed by atoms with van der Waals surface area (Å²) < 4.78 is 0. The van der Waals surface area contributed by atoms with E-state index >= 15 is 0 Å². The lowest BCUT2D eigenvalue weighted by Crippen LogP contribution is -2.28. The summed E-state index contributed by atoms with van der Waals surface area (Å²) in [4.78, 5) is 7.40. The fourth-order valence-electron chi connectivity index (χ4n) is 2.45. The number of hydrogen-bond donors (Lipinski definition) is 1. The van der Waals surface area contributed by atoms with Gasteiger partial charge in [0.25, 0.3) is 0 Å². The summed E-state index contributed by atoms with van der Waals surface area (Å²) in [5.74, 6) is 1.67. The lowest BCUT2D eigenvalue weighted by Gasteiger charge is -2.24. The van der Waals surface area contributed by atoms with E-state index in [0.717, 1.165) is 19.1 Å². The van der Waals surface area contributed by atoms with E-state index in [4.69, 9.17) is 4.98 Å². The van der Waals surface area contributed by atoms with Crippen LogP contribution >= 0.6 is 0 Å². The number of pyridine rings is 1. The monoisotopic (exact) mass is 261 g/mol. The number of aromatic nitrogens is 1. The zero-order valence-electron chi connectivity index (χ0n) is 12.7. The molecule has 1 aliphatic rings. The van der Waals surface area contributed by atoms with E-state index in [0.29, 0.717) is 5.92 Å². The largest absolute Gasteiger partial charge is 0.354 e. The van der Waals surface area contributed by atoms with Crippen LogP contribution in [0.4, 0.5) is 5.82 Å². The summed E-state index contributed by atoms with van der Waals surface area (Å²) in [6, 6.07) is 5.23. The van der Waals surface area contributed by atoms with E-state index < -0.39 is 0 Å². The van der Waals surface area contributed by atoms with Crippen LogP contribution in [-0.4, -0.2) is 24.6 Å². The molecule has 1 aliphatic carbocycles. The molecule has 2 rings (SSSR count). The summed E-state index contributed by atoms with van der Waals surface area (Å²) in [7, 11) is 2.00. The first-order chi connectivity index (χ1) is 9.15. The van der Waals surface area contributed by atoms with Crippen LogP contribution in [0.1, 0.15) is 57.2 Å². The predicted octanol–water partition coefficient (Wildman–Crippen LogP) is 3.30. The molecule has 0 radical (unpaired) electrons. The first-order valence-corrected chi connectivity index (χ1v) is 7.57. The van der Waals surface area contributed by atoms with E-state index in [2.05, 4.69) is 43.1 Å². The highest BCUT2D eigenvalue weighted by Gasteiger charge is 2.29. The molecule has 0 unspecified atom stereocenters. The van der Waals surface area contributed by atoms with Crippen LogP contribution in [0.3, 0.4) is 0 Å². The molecule has 1 aromatic heterocycles. The molecule has 1 saturated carbocycles.